The molecule has 1 aliphatic heterocycles. The minimum Gasteiger partial charge on any atom is -0.396 e. The van der Waals surface area contributed by atoms with Crippen molar-refractivity contribution in [1.29, 1.82) is 0 Å². The van der Waals surface area contributed by atoms with Crippen molar-refractivity contribution in [2.24, 2.45) is 5.41 Å². The Bertz CT molecular complexity index is 441. The van der Waals surface area contributed by atoms with Gasteiger partial charge in [0.1, 0.15) is 11.6 Å². The first-order valence-electron chi connectivity index (χ1n) is 7.46. The van der Waals surface area contributed by atoms with Gasteiger partial charge in [-0.1, -0.05) is 19.3 Å². The third-order valence-electron chi connectivity index (χ3n) is 5.01. The smallest absolute Gasteiger partial charge is 0.149 e. The molecule has 1 spiro atoms. The Morgan fingerprint density at radius 3 is 2.26 bits per heavy atom. The van der Waals surface area contributed by atoms with Crippen molar-refractivity contribution in [3.63, 3.8) is 0 Å². The van der Waals surface area contributed by atoms with Gasteiger partial charge in [-0.25, -0.2) is 4.98 Å². The van der Waals surface area contributed by atoms with Crippen molar-refractivity contribution in [2.75, 3.05) is 29.5 Å². The molecule has 2 aliphatic rings. The van der Waals surface area contributed by atoms with Crippen LogP contribution in [-0.2, 0) is 0 Å². The first-order valence-corrected chi connectivity index (χ1v) is 7.46. The van der Waals surface area contributed by atoms with Crippen molar-refractivity contribution in [1.82, 2.24) is 4.98 Å². The van der Waals surface area contributed by atoms with Crippen LogP contribution in [0.2, 0.25) is 0 Å². The molecule has 0 radical (unpaired) electrons. The number of hydrogen-bond donors (Lipinski definition) is 2. The van der Waals surface area contributed by atoms with Gasteiger partial charge in [-0.05, 0) is 43.2 Å². The Balaban J connectivity index is 1.67. The van der Waals surface area contributed by atoms with Crippen LogP contribution in [0.5, 0.6) is 0 Å². The lowest BCUT2D eigenvalue weighted by molar-refractivity contribution is 0.144. The Morgan fingerprint density at radius 1 is 0.947 bits per heavy atom. The van der Waals surface area contributed by atoms with E-state index in [-0.39, 0.29) is 0 Å². The largest absolute Gasteiger partial charge is 0.396 e. The lowest BCUT2D eigenvalue weighted by Gasteiger charge is -2.44. The van der Waals surface area contributed by atoms with Crippen molar-refractivity contribution in [3.05, 3.63) is 12.1 Å². The number of piperidine rings is 1. The number of hydrogen-bond acceptors (Lipinski definition) is 4. The highest BCUT2D eigenvalue weighted by molar-refractivity contribution is 5.62. The minimum absolute atomic E-state index is 0.454. The molecule has 0 atom stereocenters. The molecule has 1 saturated heterocycles. The van der Waals surface area contributed by atoms with Gasteiger partial charge in [0, 0.05) is 13.1 Å². The normalized spacial score (nSPS) is 22.6. The van der Waals surface area contributed by atoms with E-state index in [1.54, 1.807) is 0 Å². The van der Waals surface area contributed by atoms with Crippen molar-refractivity contribution in [3.8, 4) is 0 Å². The second-order valence-corrected chi connectivity index (χ2v) is 6.19. The van der Waals surface area contributed by atoms with Gasteiger partial charge in [-0.15, -0.1) is 0 Å². The molecular weight excluding hydrogens is 236 g/mol. The van der Waals surface area contributed by atoms with Gasteiger partial charge < -0.3 is 16.4 Å². The third kappa shape index (κ3) is 2.48. The number of nitrogens with two attached hydrogens (primary N) is 2. The zero-order valence-corrected chi connectivity index (χ0v) is 11.6. The molecule has 4 heteroatoms. The van der Waals surface area contributed by atoms with Crippen LogP contribution >= 0.6 is 0 Å². The van der Waals surface area contributed by atoms with Crippen LogP contribution in [0, 0.1) is 5.41 Å². The van der Waals surface area contributed by atoms with Crippen LogP contribution in [0.4, 0.5) is 17.3 Å². The van der Waals surface area contributed by atoms with E-state index < -0.39 is 0 Å². The van der Waals surface area contributed by atoms with Crippen molar-refractivity contribution >= 4 is 17.3 Å². The summed E-state index contributed by atoms with van der Waals surface area (Å²) >= 11 is 0. The fourth-order valence-electron chi connectivity index (χ4n) is 3.66. The molecule has 3 rings (SSSR count). The monoisotopic (exact) mass is 260 g/mol. The quantitative estimate of drug-likeness (QED) is 0.814. The Kier molecular flexibility index (Phi) is 3.25. The van der Waals surface area contributed by atoms with Gasteiger partial charge in [-0.2, -0.15) is 0 Å². The molecule has 19 heavy (non-hydrogen) atoms. The lowest BCUT2D eigenvalue weighted by atomic mass is 9.68. The van der Waals surface area contributed by atoms with Crippen LogP contribution in [0.1, 0.15) is 44.9 Å². The van der Waals surface area contributed by atoms with E-state index in [2.05, 4.69) is 9.88 Å². The molecule has 1 aromatic rings. The van der Waals surface area contributed by atoms with E-state index in [0.29, 0.717) is 16.9 Å². The average Bonchev–Trinajstić information content (AvgIpc) is 2.44. The summed E-state index contributed by atoms with van der Waals surface area (Å²) in [5, 5.41) is 0. The van der Waals surface area contributed by atoms with Crippen LogP contribution in [0.3, 0.4) is 0 Å². The number of nitrogens with zero attached hydrogens (tertiary/aromatic N) is 2. The molecule has 2 heterocycles. The molecule has 2 fully saturated rings. The van der Waals surface area contributed by atoms with E-state index in [1.165, 1.54) is 44.9 Å². The summed E-state index contributed by atoms with van der Waals surface area (Å²) in [5.74, 6) is 1.44. The molecule has 0 bridgehead atoms. The number of anilines is 3. The highest BCUT2D eigenvalue weighted by Gasteiger charge is 2.35. The second-order valence-electron chi connectivity index (χ2n) is 6.19. The van der Waals surface area contributed by atoms with Crippen LogP contribution in [-0.4, -0.2) is 18.1 Å². The van der Waals surface area contributed by atoms with E-state index in [1.807, 2.05) is 12.1 Å². The Hall–Kier alpha value is -1.45. The first kappa shape index (κ1) is 12.6. The second kappa shape index (κ2) is 4.91. The molecule has 104 valence electrons. The maximum atomic E-state index is 5.80. The summed E-state index contributed by atoms with van der Waals surface area (Å²) in [6, 6.07) is 3.85. The third-order valence-corrected chi connectivity index (χ3v) is 5.01. The Labute approximate surface area is 115 Å². The molecular formula is C15H24N4. The van der Waals surface area contributed by atoms with Crippen LogP contribution < -0.4 is 16.4 Å². The van der Waals surface area contributed by atoms with Gasteiger partial charge >= 0.3 is 0 Å². The number of nitrogen functional groups attached to an aromatic ring is 2. The highest BCUT2D eigenvalue weighted by Crippen LogP contribution is 2.45. The molecule has 0 unspecified atom stereocenters. The fourth-order valence-corrected chi connectivity index (χ4v) is 3.66. The summed E-state index contributed by atoms with van der Waals surface area (Å²) in [6.07, 6.45) is 9.75. The summed E-state index contributed by atoms with van der Waals surface area (Å²) < 4.78 is 0. The highest BCUT2D eigenvalue weighted by atomic mass is 15.2. The molecule has 4 N–H and O–H groups in total. The topological polar surface area (TPSA) is 68.2 Å². The predicted octanol–water partition coefficient (Wildman–Crippen LogP) is 2.80. The van der Waals surface area contributed by atoms with Gasteiger partial charge in [-0.3, -0.25) is 0 Å². The zero-order chi connectivity index (χ0) is 13.3. The summed E-state index contributed by atoms with van der Waals surface area (Å²) in [6.45, 7) is 2.21. The minimum atomic E-state index is 0.454. The number of rotatable bonds is 1. The SMILES string of the molecule is Nc1ccc(N2CCC3(CCCCC3)CC2)nc1N. The molecule has 1 aliphatic carbocycles. The fraction of sp³-hybridized carbons (Fsp3) is 0.667. The van der Waals surface area contributed by atoms with E-state index in [9.17, 15) is 0 Å². The van der Waals surface area contributed by atoms with Crippen LogP contribution in [0.25, 0.3) is 0 Å². The molecule has 1 saturated carbocycles. The first-order chi connectivity index (χ1) is 9.19. The lowest BCUT2D eigenvalue weighted by Crippen LogP contribution is -2.41. The Morgan fingerprint density at radius 2 is 1.63 bits per heavy atom. The van der Waals surface area contributed by atoms with E-state index in [4.69, 9.17) is 11.5 Å². The molecule has 0 aromatic carbocycles. The van der Waals surface area contributed by atoms with Crippen LogP contribution in [0.15, 0.2) is 12.1 Å². The molecule has 1 aromatic heterocycles. The maximum Gasteiger partial charge on any atom is 0.149 e. The summed E-state index contributed by atoms with van der Waals surface area (Å²) in [4.78, 5) is 6.77. The van der Waals surface area contributed by atoms with Crippen molar-refractivity contribution in [2.45, 2.75) is 44.9 Å². The predicted molar refractivity (Wildman–Crippen MR) is 80.0 cm³/mol. The number of pyridine rings is 1. The van der Waals surface area contributed by atoms with Crippen molar-refractivity contribution < 1.29 is 0 Å². The van der Waals surface area contributed by atoms with Gasteiger partial charge in [0.25, 0.3) is 0 Å². The summed E-state index contributed by atoms with van der Waals surface area (Å²) in [7, 11) is 0. The zero-order valence-electron chi connectivity index (χ0n) is 11.6. The molecule has 4 nitrogen and oxygen atoms in total. The maximum absolute atomic E-state index is 5.80. The summed E-state index contributed by atoms with van der Waals surface area (Å²) in [5.41, 5.74) is 12.7. The standard InChI is InChI=1S/C15H24N4/c16-12-4-5-13(18-14(12)17)19-10-8-15(9-11-19)6-2-1-3-7-15/h4-5H,1-3,6-11,16H2,(H2,17,18). The van der Waals surface area contributed by atoms with Gasteiger partial charge in [0.05, 0.1) is 5.69 Å². The average molecular weight is 260 g/mol. The van der Waals surface area contributed by atoms with E-state index >= 15 is 0 Å². The number of aromatic nitrogens is 1. The van der Waals surface area contributed by atoms with E-state index in [0.717, 1.165) is 18.9 Å². The van der Waals surface area contributed by atoms with Gasteiger partial charge in [0.2, 0.25) is 0 Å². The molecule has 0 amide bonds. The van der Waals surface area contributed by atoms with Gasteiger partial charge in [0.15, 0.2) is 0 Å².